The molecule has 24 heavy (non-hydrogen) atoms. The molecule has 1 amide bonds. The van der Waals surface area contributed by atoms with Gasteiger partial charge >= 0.3 is 5.97 Å². The van der Waals surface area contributed by atoms with Crippen LogP contribution in [0.5, 0.6) is 0 Å². The fourth-order valence-corrected chi connectivity index (χ4v) is 3.60. The SMILES string of the molecule is N[C@H]1CSc2ccc(C(=O)O)cc2N(Cc2ccc(Cl)cc2)C1=O. The molecule has 0 saturated carbocycles. The maximum Gasteiger partial charge on any atom is 0.335 e. The van der Waals surface area contributed by atoms with Gasteiger partial charge in [0.2, 0.25) is 5.91 Å². The van der Waals surface area contributed by atoms with Crippen LogP contribution in [-0.4, -0.2) is 28.8 Å². The molecule has 3 N–H and O–H groups in total. The van der Waals surface area contributed by atoms with E-state index in [1.54, 1.807) is 23.1 Å². The summed E-state index contributed by atoms with van der Waals surface area (Å²) in [5.41, 5.74) is 7.58. The molecule has 0 radical (unpaired) electrons. The number of hydrogen-bond acceptors (Lipinski definition) is 4. The molecular weight excluding hydrogens is 348 g/mol. The van der Waals surface area contributed by atoms with Crippen LogP contribution >= 0.6 is 23.4 Å². The molecule has 7 heteroatoms. The van der Waals surface area contributed by atoms with E-state index in [4.69, 9.17) is 17.3 Å². The van der Waals surface area contributed by atoms with Crippen molar-refractivity contribution in [3.63, 3.8) is 0 Å². The topological polar surface area (TPSA) is 83.6 Å². The molecule has 124 valence electrons. The van der Waals surface area contributed by atoms with Crippen LogP contribution in [-0.2, 0) is 11.3 Å². The number of halogens is 1. The molecule has 0 spiro atoms. The fourth-order valence-electron chi connectivity index (χ4n) is 2.49. The first-order chi connectivity index (χ1) is 11.5. The Balaban J connectivity index is 2.04. The number of rotatable bonds is 3. The van der Waals surface area contributed by atoms with Crippen LogP contribution < -0.4 is 10.6 Å². The maximum absolute atomic E-state index is 12.7. The highest BCUT2D eigenvalue weighted by Crippen LogP contribution is 2.35. The lowest BCUT2D eigenvalue weighted by Crippen LogP contribution is -2.44. The van der Waals surface area contributed by atoms with Gasteiger partial charge in [-0.05, 0) is 35.9 Å². The van der Waals surface area contributed by atoms with Crippen LogP contribution in [0.4, 0.5) is 5.69 Å². The molecule has 0 aromatic heterocycles. The minimum atomic E-state index is -1.03. The quantitative estimate of drug-likeness (QED) is 0.876. The molecule has 1 atom stereocenters. The van der Waals surface area contributed by atoms with E-state index in [0.29, 0.717) is 23.0 Å². The number of benzene rings is 2. The maximum atomic E-state index is 12.7. The van der Waals surface area contributed by atoms with Crippen molar-refractivity contribution < 1.29 is 14.7 Å². The average molecular weight is 363 g/mol. The van der Waals surface area contributed by atoms with Crippen molar-refractivity contribution in [2.24, 2.45) is 5.73 Å². The number of anilines is 1. The Hall–Kier alpha value is -2.02. The van der Waals surface area contributed by atoms with Gasteiger partial charge < -0.3 is 15.7 Å². The number of carbonyl (C=O) groups excluding carboxylic acids is 1. The first-order valence-electron chi connectivity index (χ1n) is 7.27. The zero-order valence-electron chi connectivity index (χ0n) is 12.6. The van der Waals surface area contributed by atoms with E-state index in [0.717, 1.165) is 10.5 Å². The lowest BCUT2D eigenvalue weighted by atomic mass is 10.1. The van der Waals surface area contributed by atoms with Crippen LogP contribution in [0, 0.1) is 0 Å². The van der Waals surface area contributed by atoms with Crippen LogP contribution in [0.1, 0.15) is 15.9 Å². The Bertz CT molecular complexity index is 795. The van der Waals surface area contributed by atoms with Gasteiger partial charge in [0.1, 0.15) is 0 Å². The largest absolute Gasteiger partial charge is 0.478 e. The normalized spacial score (nSPS) is 17.3. The first-order valence-corrected chi connectivity index (χ1v) is 8.63. The van der Waals surface area contributed by atoms with E-state index in [2.05, 4.69) is 0 Å². The van der Waals surface area contributed by atoms with E-state index in [-0.39, 0.29) is 11.5 Å². The van der Waals surface area contributed by atoms with Crippen LogP contribution in [0.2, 0.25) is 5.02 Å². The highest BCUT2D eigenvalue weighted by molar-refractivity contribution is 7.99. The second kappa shape index (κ2) is 6.84. The molecule has 1 aliphatic heterocycles. The van der Waals surface area contributed by atoms with E-state index in [1.807, 2.05) is 12.1 Å². The summed E-state index contributed by atoms with van der Waals surface area (Å²) in [6.07, 6.45) is 0. The summed E-state index contributed by atoms with van der Waals surface area (Å²) >= 11 is 7.36. The summed E-state index contributed by atoms with van der Waals surface area (Å²) in [5, 5.41) is 9.84. The Labute approximate surface area is 148 Å². The Kier molecular flexibility index (Phi) is 4.80. The minimum absolute atomic E-state index is 0.138. The Morgan fingerprint density at radius 3 is 2.67 bits per heavy atom. The van der Waals surface area contributed by atoms with Crippen molar-refractivity contribution in [3.05, 3.63) is 58.6 Å². The molecule has 1 aliphatic rings. The summed E-state index contributed by atoms with van der Waals surface area (Å²) in [4.78, 5) is 26.3. The van der Waals surface area contributed by atoms with Gasteiger partial charge in [-0.3, -0.25) is 4.79 Å². The highest BCUT2D eigenvalue weighted by Gasteiger charge is 2.29. The molecule has 1 heterocycles. The third-order valence-electron chi connectivity index (χ3n) is 3.75. The first kappa shape index (κ1) is 16.8. The zero-order valence-corrected chi connectivity index (χ0v) is 14.2. The van der Waals surface area contributed by atoms with Gasteiger partial charge in [0.15, 0.2) is 0 Å². The molecule has 3 rings (SSSR count). The summed E-state index contributed by atoms with van der Waals surface area (Å²) in [7, 11) is 0. The number of nitrogens with two attached hydrogens (primary N) is 1. The molecule has 0 saturated heterocycles. The highest BCUT2D eigenvalue weighted by atomic mass is 35.5. The number of amides is 1. The lowest BCUT2D eigenvalue weighted by molar-refractivity contribution is -0.119. The van der Waals surface area contributed by atoms with Gasteiger partial charge in [-0.25, -0.2) is 4.79 Å². The number of hydrogen-bond donors (Lipinski definition) is 2. The number of aromatic carboxylic acids is 1. The van der Waals surface area contributed by atoms with Crippen molar-refractivity contribution >= 4 is 40.9 Å². The van der Waals surface area contributed by atoms with E-state index < -0.39 is 12.0 Å². The number of nitrogens with zero attached hydrogens (tertiary/aromatic N) is 1. The second-order valence-corrected chi connectivity index (χ2v) is 6.95. The monoisotopic (exact) mass is 362 g/mol. The van der Waals surface area contributed by atoms with E-state index in [9.17, 15) is 14.7 Å². The predicted molar refractivity (Wildman–Crippen MR) is 94.7 cm³/mol. The van der Waals surface area contributed by atoms with Crippen molar-refractivity contribution in [1.82, 2.24) is 0 Å². The van der Waals surface area contributed by atoms with Gasteiger partial charge in [-0.1, -0.05) is 23.7 Å². The van der Waals surface area contributed by atoms with Crippen molar-refractivity contribution in [2.45, 2.75) is 17.5 Å². The third-order valence-corrected chi connectivity index (χ3v) is 5.19. The average Bonchev–Trinajstić information content (AvgIpc) is 2.68. The van der Waals surface area contributed by atoms with Gasteiger partial charge in [-0.2, -0.15) is 0 Å². The minimum Gasteiger partial charge on any atom is -0.478 e. The van der Waals surface area contributed by atoms with Crippen molar-refractivity contribution in [1.29, 1.82) is 0 Å². The van der Waals surface area contributed by atoms with Crippen molar-refractivity contribution in [3.8, 4) is 0 Å². The Morgan fingerprint density at radius 1 is 1.29 bits per heavy atom. The van der Waals surface area contributed by atoms with Gasteiger partial charge in [0.25, 0.3) is 0 Å². The lowest BCUT2D eigenvalue weighted by Gasteiger charge is -2.24. The molecular formula is C17H15ClN2O3S. The van der Waals surface area contributed by atoms with Crippen LogP contribution in [0.15, 0.2) is 47.4 Å². The summed E-state index contributed by atoms with van der Waals surface area (Å²) in [6.45, 7) is 0.306. The number of thioether (sulfide) groups is 1. The second-order valence-electron chi connectivity index (χ2n) is 5.46. The summed E-state index contributed by atoms with van der Waals surface area (Å²) < 4.78 is 0. The van der Waals surface area contributed by atoms with E-state index >= 15 is 0 Å². The van der Waals surface area contributed by atoms with Gasteiger partial charge in [-0.15, -0.1) is 11.8 Å². The molecule has 0 fully saturated rings. The van der Waals surface area contributed by atoms with Crippen molar-refractivity contribution in [2.75, 3.05) is 10.7 Å². The molecule has 0 aliphatic carbocycles. The fraction of sp³-hybridized carbons (Fsp3) is 0.176. The Morgan fingerprint density at radius 2 is 2.00 bits per heavy atom. The standard InChI is InChI=1S/C17H15ClN2O3S/c18-12-4-1-10(2-5-12)8-20-14-7-11(17(22)23)3-6-15(14)24-9-13(19)16(20)21/h1-7,13H,8-9,19H2,(H,22,23)/t13-/m0/s1. The predicted octanol–water partition coefficient (Wildman–Crippen LogP) is 3.00. The summed E-state index contributed by atoms with van der Waals surface area (Å²) in [5.74, 6) is -0.802. The zero-order chi connectivity index (χ0) is 17.3. The van der Waals surface area contributed by atoms with E-state index in [1.165, 1.54) is 23.9 Å². The smallest absolute Gasteiger partial charge is 0.335 e. The van der Waals surface area contributed by atoms with Crippen LogP contribution in [0.3, 0.4) is 0 Å². The number of carbonyl (C=O) groups is 2. The number of fused-ring (bicyclic) bond motifs is 1. The molecule has 5 nitrogen and oxygen atoms in total. The molecule has 2 aromatic rings. The van der Waals surface area contributed by atoms with Gasteiger partial charge in [0, 0.05) is 15.7 Å². The number of carboxylic acids is 1. The molecule has 0 unspecified atom stereocenters. The van der Waals surface area contributed by atoms with Gasteiger partial charge in [0.05, 0.1) is 23.8 Å². The van der Waals surface area contributed by atoms with Crippen LogP contribution in [0.25, 0.3) is 0 Å². The molecule has 0 bridgehead atoms. The number of carboxylic acid groups (broad SMARTS) is 1. The third kappa shape index (κ3) is 3.40. The summed E-state index contributed by atoms with van der Waals surface area (Å²) in [6, 6.07) is 11.3. The molecule has 2 aromatic carbocycles.